The van der Waals surface area contributed by atoms with Gasteiger partial charge in [0, 0.05) is 12.5 Å². The van der Waals surface area contributed by atoms with Crippen LogP contribution in [0.5, 0.6) is 0 Å². The summed E-state index contributed by atoms with van der Waals surface area (Å²) in [4.78, 5) is 11.9. The van der Waals surface area contributed by atoms with Gasteiger partial charge >= 0.3 is 0 Å². The Kier molecular flexibility index (Phi) is 11.2. The zero-order chi connectivity index (χ0) is 13.8. The van der Waals surface area contributed by atoms with E-state index in [9.17, 15) is 4.79 Å². The van der Waals surface area contributed by atoms with E-state index < -0.39 is 0 Å². The Hall–Kier alpha value is -0.570. The Morgan fingerprint density at radius 2 is 1.83 bits per heavy atom. The number of carbonyl (C=O) groups excluding carboxylic acids is 1. The van der Waals surface area contributed by atoms with E-state index >= 15 is 0 Å². The number of nitrogens with two attached hydrogens (primary N) is 1. The molecule has 0 fully saturated rings. The van der Waals surface area contributed by atoms with Crippen LogP contribution >= 0.6 is 0 Å². The molecule has 0 aliphatic rings. The molecular weight excluding hydrogens is 224 g/mol. The summed E-state index contributed by atoms with van der Waals surface area (Å²) in [5.41, 5.74) is 5.51. The maximum atomic E-state index is 11.9. The summed E-state index contributed by atoms with van der Waals surface area (Å²) in [5.74, 6) is 0.773. The highest BCUT2D eigenvalue weighted by molar-refractivity contribution is 5.76. The van der Waals surface area contributed by atoms with E-state index in [0.29, 0.717) is 18.4 Å². The van der Waals surface area contributed by atoms with E-state index in [1.165, 1.54) is 12.8 Å². The van der Waals surface area contributed by atoms with Crippen molar-refractivity contribution in [2.75, 3.05) is 6.54 Å². The lowest BCUT2D eigenvalue weighted by molar-refractivity contribution is -0.122. The first-order valence-electron chi connectivity index (χ1n) is 7.63. The van der Waals surface area contributed by atoms with Gasteiger partial charge in [-0.3, -0.25) is 4.79 Å². The van der Waals surface area contributed by atoms with Crippen LogP contribution in [0.4, 0.5) is 0 Å². The standard InChI is InChI=1S/C15H32N2O/c1-4-6-8-14(7-5-2)17-15(18)10-9-13(3)11-12-16/h13-14H,4-12,16H2,1-3H3,(H,17,18). The molecule has 108 valence electrons. The molecule has 3 heteroatoms. The molecule has 2 atom stereocenters. The van der Waals surface area contributed by atoms with Gasteiger partial charge in [0.25, 0.3) is 0 Å². The predicted octanol–water partition coefficient (Wildman–Crippen LogP) is 3.23. The van der Waals surface area contributed by atoms with E-state index in [-0.39, 0.29) is 5.91 Å². The van der Waals surface area contributed by atoms with Crippen LogP contribution in [0.3, 0.4) is 0 Å². The fourth-order valence-electron chi connectivity index (χ4n) is 2.19. The summed E-state index contributed by atoms with van der Waals surface area (Å²) >= 11 is 0. The van der Waals surface area contributed by atoms with Crippen LogP contribution in [-0.2, 0) is 4.79 Å². The molecule has 0 aliphatic heterocycles. The summed E-state index contributed by atoms with van der Waals surface area (Å²) in [6.07, 6.45) is 8.37. The zero-order valence-electron chi connectivity index (χ0n) is 12.5. The van der Waals surface area contributed by atoms with Crippen molar-refractivity contribution >= 4 is 5.91 Å². The number of carbonyl (C=O) groups is 1. The number of rotatable bonds is 11. The smallest absolute Gasteiger partial charge is 0.220 e. The third-order valence-corrected chi connectivity index (χ3v) is 3.43. The van der Waals surface area contributed by atoms with Crippen LogP contribution in [-0.4, -0.2) is 18.5 Å². The van der Waals surface area contributed by atoms with Crippen molar-refractivity contribution in [2.24, 2.45) is 11.7 Å². The molecule has 0 rings (SSSR count). The molecule has 0 heterocycles. The maximum Gasteiger partial charge on any atom is 0.220 e. The highest BCUT2D eigenvalue weighted by atomic mass is 16.1. The minimum absolute atomic E-state index is 0.216. The molecule has 18 heavy (non-hydrogen) atoms. The number of nitrogens with one attached hydrogen (secondary N) is 1. The first-order valence-corrected chi connectivity index (χ1v) is 7.63. The van der Waals surface area contributed by atoms with Gasteiger partial charge in [-0.1, -0.05) is 40.0 Å². The fraction of sp³-hybridized carbons (Fsp3) is 0.933. The summed E-state index contributed by atoms with van der Waals surface area (Å²) in [6, 6.07) is 0.382. The van der Waals surface area contributed by atoms with Crippen LogP contribution in [0, 0.1) is 5.92 Å². The molecule has 1 amide bonds. The molecule has 0 spiro atoms. The molecule has 2 unspecified atom stereocenters. The van der Waals surface area contributed by atoms with Crippen molar-refractivity contribution in [3.8, 4) is 0 Å². The Labute approximate surface area is 113 Å². The van der Waals surface area contributed by atoms with E-state index in [4.69, 9.17) is 5.73 Å². The van der Waals surface area contributed by atoms with Crippen LogP contribution in [0.2, 0.25) is 0 Å². The number of hydrogen-bond donors (Lipinski definition) is 2. The summed E-state index contributed by atoms with van der Waals surface area (Å²) < 4.78 is 0. The number of amides is 1. The molecule has 0 aliphatic carbocycles. The van der Waals surface area contributed by atoms with Gasteiger partial charge in [-0.05, 0) is 38.1 Å². The van der Waals surface area contributed by atoms with Crippen molar-refractivity contribution in [1.82, 2.24) is 5.32 Å². The second-order valence-electron chi connectivity index (χ2n) is 5.42. The molecule has 0 radical (unpaired) electrons. The van der Waals surface area contributed by atoms with Crippen molar-refractivity contribution < 1.29 is 4.79 Å². The van der Waals surface area contributed by atoms with Gasteiger partial charge in [-0.15, -0.1) is 0 Å². The molecular formula is C15H32N2O. The molecule has 3 nitrogen and oxygen atoms in total. The summed E-state index contributed by atoms with van der Waals surface area (Å²) in [6.45, 7) is 7.26. The zero-order valence-corrected chi connectivity index (χ0v) is 12.5. The van der Waals surface area contributed by atoms with Gasteiger partial charge < -0.3 is 11.1 Å². The Balaban J connectivity index is 3.85. The Bertz CT molecular complexity index is 207. The average Bonchev–Trinajstić information content (AvgIpc) is 2.34. The molecule has 0 aromatic carbocycles. The predicted molar refractivity (Wildman–Crippen MR) is 78.4 cm³/mol. The topological polar surface area (TPSA) is 55.1 Å². The molecule has 0 saturated carbocycles. The second-order valence-corrected chi connectivity index (χ2v) is 5.42. The van der Waals surface area contributed by atoms with E-state index in [0.717, 1.165) is 38.6 Å². The van der Waals surface area contributed by atoms with Crippen LogP contribution in [0.15, 0.2) is 0 Å². The second kappa shape index (κ2) is 11.5. The van der Waals surface area contributed by atoms with Crippen molar-refractivity contribution in [3.63, 3.8) is 0 Å². The van der Waals surface area contributed by atoms with Gasteiger partial charge in [0.1, 0.15) is 0 Å². The Morgan fingerprint density at radius 3 is 2.39 bits per heavy atom. The third kappa shape index (κ3) is 9.46. The third-order valence-electron chi connectivity index (χ3n) is 3.43. The van der Waals surface area contributed by atoms with E-state index in [1.54, 1.807) is 0 Å². The fourth-order valence-corrected chi connectivity index (χ4v) is 2.19. The summed E-state index contributed by atoms with van der Waals surface area (Å²) in [7, 11) is 0. The highest BCUT2D eigenvalue weighted by Crippen LogP contribution is 2.11. The summed E-state index contributed by atoms with van der Waals surface area (Å²) in [5, 5.41) is 3.18. The quantitative estimate of drug-likeness (QED) is 0.596. The SMILES string of the molecule is CCCCC(CCC)NC(=O)CCC(C)CCN. The lowest BCUT2D eigenvalue weighted by Gasteiger charge is -2.18. The van der Waals surface area contributed by atoms with Crippen LogP contribution in [0.1, 0.15) is 72.1 Å². The molecule has 0 saturated heterocycles. The van der Waals surface area contributed by atoms with Gasteiger partial charge in [0.15, 0.2) is 0 Å². The molecule has 3 N–H and O–H groups in total. The molecule has 0 aromatic heterocycles. The largest absolute Gasteiger partial charge is 0.353 e. The Morgan fingerprint density at radius 1 is 1.11 bits per heavy atom. The van der Waals surface area contributed by atoms with Crippen LogP contribution < -0.4 is 11.1 Å². The molecule has 0 aromatic rings. The minimum atomic E-state index is 0.216. The number of unbranched alkanes of at least 4 members (excludes halogenated alkanes) is 1. The van der Waals surface area contributed by atoms with Gasteiger partial charge in [-0.2, -0.15) is 0 Å². The van der Waals surface area contributed by atoms with Crippen molar-refractivity contribution in [1.29, 1.82) is 0 Å². The van der Waals surface area contributed by atoms with Crippen molar-refractivity contribution in [2.45, 2.75) is 78.2 Å². The van der Waals surface area contributed by atoms with E-state index in [2.05, 4.69) is 26.1 Å². The lowest BCUT2D eigenvalue weighted by atomic mass is 10.0. The first kappa shape index (κ1) is 17.4. The number of hydrogen-bond acceptors (Lipinski definition) is 2. The van der Waals surface area contributed by atoms with E-state index in [1.807, 2.05) is 0 Å². The van der Waals surface area contributed by atoms with Gasteiger partial charge in [0.2, 0.25) is 5.91 Å². The highest BCUT2D eigenvalue weighted by Gasteiger charge is 2.12. The normalized spacial score (nSPS) is 14.2. The lowest BCUT2D eigenvalue weighted by Crippen LogP contribution is -2.34. The van der Waals surface area contributed by atoms with Gasteiger partial charge in [0.05, 0.1) is 0 Å². The van der Waals surface area contributed by atoms with Crippen molar-refractivity contribution in [3.05, 3.63) is 0 Å². The monoisotopic (exact) mass is 256 g/mol. The average molecular weight is 256 g/mol. The first-order chi connectivity index (χ1) is 8.63. The van der Waals surface area contributed by atoms with Crippen LogP contribution in [0.25, 0.3) is 0 Å². The maximum absolute atomic E-state index is 11.9. The molecule has 0 bridgehead atoms. The minimum Gasteiger partial charge on any atom is -0.353 e. The van der Waals surface area contributed by atoms with Gasteiger partial charge in [-0.25, -0.2) is 0 Å².